The lowest BCUT2D eigenvalue weighted by Crippen LogP contribution is -2.36. The van der Waals surface area contributed by atoms with Crippen LogP contribution in [0.5, 0.6) is 5.75 Å². The van der Waals surface area contributed by atoms with Crippen LogP contribution in [0.15, 0.2) is 84.0 Å². The Morgan fingerprint density at radius 3 is 2.55 bits per heavy atom. The fourth-order valence-corrected chi connectivity index (χ4v) is 3.80. The number of nitrogens with one attached hydrogen (secondary N) is 1. The Balaban J connectivity index is 1.64. The van der Waals surface area contributed by atoms with Crippen molar-refractivity contribution < 1.29 is 9.53 Å². The summed E-state index contributed by atoms with van der Waals surface area (Å²) in [6.45, 7) is 2.40. The van der Waals surface area contributed by atoms with E-state index >= 15 is 0 Å². The highest BCUT2D eigenvalue weighted by atomic mass is 16.5. The Morgan fingerprint density at radius 1 is 1.09 bits per heavy atom. The third-order valence-corrected chi connectivity index (χ3v) is 5.54. The standard InChI is InChI=1S/C26H26N4O3/c1-18-6-4-7-19(16-18)17-30-14-5-8-22(26(30)32)25(31)28-23(24-27-13-15-29(24)2)20-9-11-21(33-3)12-10-20/h4-16,23H,17H2,1-3H3,(H,28,31). The summed E-state index contributed by atoms with van der Waals surface area (Å²) >= 11 is 0. The van der Waals surface area contributed by atoms with Gasteiger partial charge in [-0.05, 0) is 42.3 Å². The van der Waals surface area contributed by atoms with Crippen molar-refractivity contribution in [2.45, 2.75) is 19.5 Å². The number of rotatable bonds is 7. The molecule has 1 atom stereocenters. The van der Waals surface area contributed by atoms with Gasteiger partial charge in [0.05, 0.1) is 13.7 Å². The summed E-state index contributed by atoms with van der Waals surface area (Å²) in [5.41, 5.74) is 2.68. The number of pyridine rings is 1. The lowest BCUT2D eigenvalue weighted by Gasteiger charge is -2.19. The van der Waals surface area contributed by atoms with Gasteiger partial charge in [-0.2, -0.15) is 0 Å². The van der Waals surface area contributed by atoms with Crippen molar-refractivity contribution in [1.82, 2.24) is 19.4 Å². The average molecular weight is 443 g/mol. The normalized spacial score (nSPS) is 11.7. The molecule has 1 N–H and O–H groups in total. The average Bonchev–Trinajstić information content (AvgIpc) is 3.24. The van der Waals surface area contributed by atoms with Crippen molar-refractivity contribution >= 4 is 5.91 Å². The van der Waals surface area contributed by atoms with E-state index in [-0.39, 0.29) is 11.1 Å². The summed E-state index contributed by atoms with van der Waals surface area (Å²) in [6, 6.07) is 18.1. The number of nitrogens with zero attached hydrogens (tertiary/aromatic N) is 3. The summed E-state index contributed by atoms with van der Waals surface area (Å²) < 4.78 is 8.64. The second kappa shape index (κ2) is 9.56. The maximum absolute atomic E-state index is 13.3. The maximum Gasteiger partial charge on any atom is 0.263 e. The molecule has 4 aromatic rings. The molecule has 0 bridgehead atoms. The van der Waals surface area contributed by atoms with E-state index in [1.807, 2.05) is 73.3 Å². The number of methoxy groups -OCH3 is 1. The van der Waals surface area contributed by atoms with Crippen LogP contribution in [-0.2, 0) is 13.6 Å². The molecule has 1 amide bonds. The van der Waals surface area contributed by atoms with E-state index < -0.39 is 11.9 Å². The number of imidazole rings is 1. The molecule has 7 heteroatoms. The Kier molecular flexibility index (Phi) is 6.40. The summed E-state index contributed by atoms with van der Waals surface area (Å²) in [7, 11) is 3.46. The van der Waals surface area contributed by atoms with Gasteiger partial charge in [-0.15, -0.1) is 0 Å². The third kappa shape index (κ3) is 4.87. The Labute approximate surface area is 192 Å². The number of carbonyl (C=O) groups excluding carboxylic acids is 1. The number of carbonyl (C=O) groups is 1. The SMILES string of the molecule is COc1ccc(C(NC(=O)c2cccn(Cc3cccc(C)c3)c2=O)c2nccn2C)cc1. The Morgan fingerprint density at radius 2 is 1.88 bits per heavy atom. The van der Waals surface area contributed by atoms with E-state index in [2.05, 4.69) is 10.3 Å². The van der Waals surface area contributed by atoms with Crippen molar-refractivity contribution in [3.8, 4) is 5.75 Å². The van der Waals surface area contributed by atoms with E-state index in [1.165, 1.54) is 0 Å². The van der Waals surface area contributed by atoms with Gasteiger partial charge in [-0.3, -0.25) is 9.59 Å². The molecule has 33 heavy (non-hydrogen) atoms. The molecule has 2 aromatic carbocycles. The van der Waals surface area contributed by atoms with Gasteiger partial charge in [-0.1, -0.05) is 42.0 Å². The molecule has 0 radical (unpaired) electrons. The van der Waals surface area contributed by atoms with Crippen LogP contribution in [0.1, 0.15) is 38.9 Å². The topological polar surface area (TPSA) is 78.2 Å². The number of amides is 1. The zero-order valence-corrected chi connectivity index (χ0v) is 18.9. The van der Waals surface area contributed by atoms with E-state index in [4.69, 9.17) is 4.74 Å². The monoisotopic (exact) mass is 442 g/mol. The molecule has 0 aliphatic carbocycles. The molecule has 0 saturated carbocycles. The zero-order valence-electron chi connectivity index (χ0n) is 18.9. The summed E-state index contributed by atoms with van der Waals surface area (Å²) in [5, 5.41) is 2.99. The Bertz CT molecular complexity index is 1320. The molecular formula is C26H26N4O3. The number of aryl methyl sites for hydroxylation is 2. The van der Waals surface area contributed by atoms with Crippen LogP contribution >= 0.6 is 0 Å². The fraction of sp³-hybridized carbons (Fsp3) is 0.192. The highest BCUT2D eigenvalue weighted by Gasteiger charge is 2.23. The highest BCUT2D eigenvalue weighted by molar-refractivity contribution is 5.94. The highest BCUT2D eigenvalue weighted by Crippen LogP contribution is 2.23. The minimum absolute atomic E-state index is 0.0814. The number of ether oxygens (including phenoxy) is 1. The van der Waals surface area contributed by atoms with Gasteiger partial charge in [0.15, 0.2) is 0 Å². The lowest BCUT2D eigenvalue weighted by atomic mass is 10.1. The predicted octanol–water partition coefficient (Wildman–Crippen LogP) is 3.47. The number of hydrogen-bond donors (Lipinski definition) is 1. The van der Waals surface area contributed by atoms with Crippen molar-refractivity contribution in [1.29, 1.82) is 0 Å². The smallest absolute Gasteiger partial charge is 0.263 e. The zero-order chi connectivity index (χ0) is 23.4. The van der Waals surface area contributed by atoms with Crippen molar-refractivity contribution in [3.05, 3.63) is 118 Å². The molecule has 0 fully saturated rings. The summed E-state index contributed by atoms with van der Waals surface area (Å²) in [4.78, 5) is 30.8. The third-order valence-electron chi connectivity index (χ3n) is 5.54. The minimum atomic E-state index is -0.534. The van der Waals surface area contributed by atoms with Gasteiger partial charge >= 0.3 is 0 Å². The van der Waals surface area contributed by atoms with E-state index in [1.54, 1.807) is 36.2 Å². The molecule has 7 nitrogen and oxygen atoms in total. The van der Waals surface area contributed by atoms with E-state index in [9.17, 15) is 9.59 Å². The molecule has 2 aromatic heterocycles. The van der Waals surface area contributed by atoms with Gasteiger partial charge in [0.2, 0.25) is 0 Å². The van der Waals surface area contributed by atoms with Gasteiger partial charge in [-0.25, -0.2) is 4.98 Å². The molecule has 168 valence electrons. The number of hydrogen-bond acceptors (Lipinski definition) is 4. The second-order valence-electron chi connectivity index (χ2n) is 7.92. The molecule has 0 saturated heterocycles. The van der Waals surface area contributed by atoms with Crippen LogP contribution in [0.4, 0.5) is 0 Å². The summed E-state index contributed by atoms with van der Waals surface area (Å²) in [5.74, 6) is 0.915. The molecular weight excluding hydrogens is 416 g/mol. The maximum atomic E-state index is 13.3. The first-order valence-electron chi connectivity index (χ1n) is 10.6. The first kappa shape index (κ1) is 22.1. The number of aromatic nitrogens is 3. The quantitative estimate of drug-likeness (QED) is 0.475. The predicted molar refractivity (Wildman–Crippen MR) is 126 cm³/mol. The van der Waals surface area contributed by atoms with Gasteiger partial charge in [0.25, 0.3) is 11.5 Å². The fourth-order valence-electron chi connectivity index (χ4n) is 3.80. The van der Waals surface area contributed by atoms with Crippen LogP contribution in [0.25, 0.3) is 0 Å². The van der Waals surface area contributed by atoms with Gasteiger partial charge in [0.1, 0.15) is 23.2 Å². The van der Waals surface area contributed by atoms with Crippen LogP contribution < -0.4 is 15.6 Å². The van der Waals surface area contributed by atoms with Crippen LogP contribution in [0.3, 0.4) is 0 Å². The van der Waals surface area contributed by atoms with Crippen molar-refractivity contribution in [2.75, 3.05) is 7.11 Å². The largest absolute Gasteiger partial charge is 0.497 e. The van der Waals surface area contributed by atoms with Gasteiger partial charge < -0.3 is 19.2 Å². The molecule has 4 rings (SSSR count). The first-order chi connectivity index (χ1) is 16.0. The van der Waals surface area contributed by atoms with Crippen LogP contribution in [0, 0.1) is 6.92 Å². The second-order valence-corrected chi connectivity index (χ2v) is 7.92. The lowest BCUT2D eigenvalue weighted by molar-refractivity contribution is 0.0939. The number of benzene rings is 2. The van der Waals surface area contributed by atoms with Crippen LogP contribution in [-0.4, -0.2) is 27.1 Å². The molecule has 0 aliphatic rings. The van der Waals surface area contributed by atoms with Crippen molar-refractivity contribution in [2.24, 2.45) is 7.05 Å². The minimum Gasteiger partial charge on any atom is -0.497 e. The van der Waals surface area contributed by atoms with Crippen LogP contribution in [0.2, 0.25) is 0 Å². The Hall–Kier alpha value is -4.13. The molecule has 0 spiro atoms. The van der Waals surface area contributed by atoms with E-state index in [0.717, 1.165) is 16.7 Å². The van der Waals surface area contributed by atoms with Crippen molar-refractivity contribution in [3.63, 3.8) is 0 Å². The molecule has 0 aliphatic heterocycles. The van der Waals surface area contributed by atoms with E-state index in [0.29, 0.717) is 18.1 Å². The first-order valence-corrected chi connectivity index (χ1v) is 10.6. The molecule has 1 unspecified atom stereocenters. The molecule has 2 heterocycles. The summed E-state index contributed by atoms with van der Waals surface area (Å²) in [6.07, 6.45) is 5.19. The van der Waals surface area contributed by atoms with Gasteiger partial charge in [0, 0.05) is 25.6 Å².